The Morgan fingerprint density at radius 3 is 3.00 bits per heavy atom. The second-order valence-electron chi connectivity index (χ2n) is 6.47. The number of carboxylic acids is 1. The molecule has 136 valence electrons. The number of benzene rings is 1. The van der Waals surface area contributed by atoms with Gasteiger partial charge < -0.3 is 14.7 Å². The van der Waals surface area contributed by atoms with Gasteiger partial charge in [-0.25, -0.2) is 4.98 Å². The van der Waals surface area contributed by atoms with Crippen molar-refractivity contribution in [1.82, 2.24) is 15.2 Å². The van der Waals surface area contributed by atoms with Gasteiger partial charge in [-0.15, -0.1) is 23.1 Å². The van der Waals surface area contributed by atoms with Crippen molar-refractivity contribution < 1.29 is 14.6 Å². The Labute approximate surface area is 155 Å². The predicted molar refractivity (Wildman–Crippen MR) is 103 cm³/mol. The van der Waals surface area contributed by atoms with E-state index in [1.54, 1.807) is 23.1 Å². The van der Waals surface area contributed by atoms with Crippen molar-refractivity contribution in [3.63, 3.8) is 0 Å². The summed E-state index contributed by atoms with van der Waals surface area (Å²) in [4.78, 5) is 17.9. The summed E-state index contributed by atoms with van der Waals surface area (Å²) in [7, 11) is 4.11. The van der Waals surface area contributed by atoms with Crippen molar-refractivity contribution in [3.8, 4) is 5.75 Å². The van der Waals surface area contributed by atoms with Crippen LogP contribution in [0.1, 0.15) is 23.7 Å². The molecular weight excluding hydrogens is 358 g/mol. The van der Waals surface area contributed by atoms with Gasteiger partial charge in [0.2, 0.25) is 0 Å². The number of carboxylic acid groups (broad SMARTS) is 1. The van der Waals surface area contributed by atoms with E-state index < -0.39 is 12.0 Å². The molecule has 6 nitrogen and oxygen atoms in total. The minimum absolute atomic E-state index is 0.0538. The van der Waals surface area contributed by atoms with E-state index in [-0.39, 0.29) is 11.5 Å². The largest absolute Gasteiger partial charge is 0.491 e. The summed E-state index contributed by atoms with van der Waals surface area (Å²) in [5, 5.41) is 13.1. The van der Waals surface area contributed by atoms with Gasteiger partial charge >= 0.3 is 5.97 Å². The summed E-state index contributed by atoms with van der Waals surface area (Å²) >= 11 is 3.18. The van der Waals surface area contributed by atoms with Crippen LogP contribution in [-0.2, 0) is 4.79 Å². The fourth-order valence-electron chi connectivity index (χ4n) is 2.60. The van der Waals surface area contributed by atoms with Crippen LogP contribution in [0.3, 0.4) is 0 Å². The number of nitrogens with zero attached hydrogens (tertiary/aromatic N) is 2. The molecule has 0 saturated carbocycles. The SMILES string of the molecule is CC(CCN(C)C)Oc1ccc2nc(C3N[C@@H](C(=O)O)CS3)sc2c1. The summed E-state index contributed by atoms with van der Waals surface area (Å²) in [5.41, 5.74) is 0.925. The van der Waals surface area contributed by atoms with E-state index in [0.717, 1.165) is 33.9 Å². The van der Waals surface area contributed by atoms with Crippen molar-refractivity contribution in [3.05, 3.63) is 23.2 Å². The first-order valence-corrected chi connectivity index (χ1v) is 10.1. The van der Waals surface area contributed by atoms with Crippen molar-refractivity contribution in [2.75, 3.05) is 26.4 Å². The van der Waals surface area contributed by atoms with Crippen LogP contribution in [0.25, 0.3) is 10.2 Å². The number of hydrogen-bond acceptors (Lipinski definition) is 7. The van der Waals surface area contributed by atoms with Crippen LogP contribution in [0.4, 0.5) is 0 Å². The monoisotopic (exact) mass is 381 g/mol. The number of nitrogens with one attached hydrogen (secondary N) is 1. The van der Waals surface area contributed by atoms with Gasteiger partial charge in [0.1, 0.15) is 22.2 Å². The lowest BCUT2D eigenvalue weighted by Gasteiger charge is -2.17. The number of aliphatic carboxylic acids is 1. The zero-order valence-corrected chi connectivity index (χ0v) is 16.2. The number of carbonyl (C=O) groups is 1. The highest BCUT2D eigenvalue weighted by Gasteiger charge is 2.32. The number of hydrogen-bond donors (Lipinski definition) is 2. The molecule has 1 aliphatic heterocycles. The molecule has 3 rings (SSSR count). The maximum absolute atomic E-state index is 11.1. The van der Waals surface area contributed by atoms with Crippen LogP contribution >= 0.6 is 23.1 Å². The summed E-state index contributed by atoms with van der Waals surface area (Å²) in [6.45, 7) is 3.07. The Morgan fingerprint density at radius 1 is 1.52 bits per heavy atom. The van der Waals surface area contributed by atoms with Crippen LogP contribution in [0.2, 0.25) is 0 Å². The van der Waals surface area contributed by atoms with Gasteiger partial charge in [0.05, 0.1) is 16.3 Å². The number of aromatic nitrogens is 1. The lowest BCUT2D eigenvalue weighted by Crippen LogP contribution is -2.33. The molecule has 25 heavy (non-hydrogen) atoms. The van der Waals surface area contributed by atoms with Gasteiger partial charge in [0.15, 0.2) is 0 Å². The summed E-state index contributed by atoms with van der Waals surface area (Å²) in [6, 6.07) is 5.44. The first-order valence-electron chi connectivity index (χ1n) is 8.24. The highest BCUT2D eigenvalue weighted by Crippen LogP contribution is 2.38. The minimum Gasteiger partial charge on any atom is -0.491 e. The van der Waals surface area contributed by atoms with Crippen molar-refractivity contribution in [1.29, 1.82) is 0 Å². The van der Waals surface area contributed by atoms with Gasteiger partial charge in [0, 0.05) is 12.3 Å². The molecule has 3 atom stereocenters. The van der Waals surface area contributed by atoms with Crippen LogP contribution in [0.5, 0.6) is 5.75 Å². The normalized spacial score (nSPS) is 21.8. The van der Waals surface area contributed by atoms with Gasteiger partial charge in [-0.05, 0) is 45.6 Å². The van der Waals surface area contributed by atoms with E-state index in [9.17, 15) is 4.79 Å². The van der Waals surface area contributed by atoms with E-state index in [2.05, 4.69) is 36.2 Å². The van der Waals surface area contributed by atoms with Gasteiger partial charge in [-0.2, -0.15) is 0 Å². The molecule has 1 fully saturated rings. The summed E-state index contributed by atoms with van der Waals surface area (Å²) in [5.74, 6) is 0.608. The molecule has 1 aliphatic rings. The van der Waals surface area contributed by atoms with Crippen LogP contribution in [-0.4, -0.2) is 59.5 Å². The highest BCUT2D eigenvalue weighted by atomic mass is 32.2. The zero-order chi connectivity index (χ0) is 18.0. The minimum atomic E-state index is -0.807. The van der Waals surface area contributed by atoms with Crippen molar-refractivity contribution in [2.45, 2.75) is 30.9 Å². The number of ether oxygens (including phenoxy) is 1. The Morgan fingerprint density at radius 2 is 2.32 bits per heavy atom. The number of thiazole rings is 1. The lowest BCUT2D eigenvalue weighted by molar-refractivity contribution is -0.138. The van der Waals surface area contributed by atoms with Crippen LogP contribution in [0.15, 0.2) is 18.2 Å². The molecule has 0 amide bonds. The quantitative estimate of drug-likeness (QED) is 0.764. The second-order valence-corrected chi connectivity index (χ2v) is 8.67. The number of rotatable bonds is 7. The van der Waals surface area contributed by atoms with Gasteiger partial charge in [0.25, 0.3) is 0 Å². The van der Waals surface area contributed by atoms with E-state index in [1.807, 2.05) is 18.2 Å². The molecule has 0 spiro atoms. The lowest BCUT2D eigenvalue weighted by atomic mass is 10.2. The fraction of sp³-hybridized carbons (Fsp3) is 0.529. The molecular formula is C17H23N3O3S2. The second kappa shape index (κ2) is 7.90. The third-order valence-electron chi connectivity index (χ3n) is 4.00. The molecule has 2 N–H and O–H groups in total. The smallest absolute Gasteiger partial charge is 0.321 e. The van der Waals surface area contributed by atoms with E-state index in [4.69, 9.17) is 9.84 Å². The Kier molecular flexibility index (Phi) is 5.83. The third-order valence-corrected chi connectivity index (χ3v) is 6.45. The van der Waals surface area contributed by atoms with Crippen molar-refractivity contribution >= 4 is 39.3 Å². The molecule has 0 bridgehead atoms. The summed E-state index contributed by atoms with van der Waals surface area (Å²) < 4.78 is 7.07. The van der Waals surface area contributed by atoms with E-state index >= 15 is 0 Å². The first kappa shape index (κ1) is 18.4. The van der Waals surface area contributed by atoms with E-state index in [0.29, 0.717) is 5.75 Å². The average molecular weight is 382 g/mol. The van der Waals surface area contributed by atoms with Crippen LogP contribution in [0, 0.1) is 0 Å². The van der Waals surface area contributed by atoms with Gasteiger partial charge in [-0.3, -0.25) is 10.1 Å². The van der Waals surface area contributed by atoms with Gasteiger partial charge in [-0.1, -0.05) is 0 Å². The molecule has 0 aliphatic carbocycles. The first-order chi connectivity index (χ1) is 11.9. The molecule has 1 aromatic heterocycles. The molecule has 1 aromatic carbocycles. The maximum atomic E-state index is 11.1. The Bertz CT molecular complexity index is 750. The average Bonchev–Trinajstić information content (AvgIpc) is 3.19. The number of fused-ring (bicyclic) bond motifs is 1. The third kappa shape index (κ3) is 4.63. The molecule has 0 radical (unpaired) electrons. The zero-order valence-electron chi connectivity index (χ0n) is 14.6. The summed E-state index contributed by atoms with van der Waals surface area (Å²) in [6.07, 6.45) is 1.12. The maximum Gasteiger partial charge on any atom is 0.321 e. The topological polar surface area (TPSA) is 74.7 Å². The Balaban J connectivity index is 1.68. The van der Waals surface area contributed by atoms with Crippen LogP contribution < -0.4 is 10.1 Å². The highest BCUT2D eigenvalue weighted by molar-refractivity contribution is 7.99. The predicted octanol–water partition coefficient (Wildman–Crippen LogP) is 2.80. The molecule has 1 saturated heterocycles. The molecule has 2 unspecified atom stereocenters. The van der Waals surface area contributed by atoms with Crippen molar-refractivity contribution in [2.24, 2.45) is 0 Å². The standard InChI is InChI=1S/C17H23N3O3S2/c1-10(6-7-20(2)3)23-11-4-5-12-14(8-11)25-16(18-12)15-19-13(9-24-15)17(21)22/h4-5,8,10,13,15,19H,6-7,9H2,1-3H3,(H,21,22)/t10?,13-,15?/m1/s1. The molecule has 2 aromatic rings. The number of thioether (sulfide) groups is 1. The molecule has 2 heterocycles. The molecule has 8 heteroatoms. The Hall–Kier alpha value is -1.35. The fourth-order valence-corrected chi connectivity index (χ4v) is 4.96. The van der Waals surface area contributed by atoms with E-state index in [1.165, 1.54) is 0 Å².